The van der Waals surface area contributed by atoms with Gasteiger partial charge in [-0.05, 0) is 24.6 Å². The Morgan fingerprint density at radius 2 is 1.69 bits per heavy atom. The van der Waals surface area contributed by atoms with Crippen LogP contribution in [0.3, 0.4) is 0 Å². The molecule has 0 unspecified atom stereocenters. The number of rotatable bonds is 5. The minimum atomic E-state index is 0.164. The molecular weight excluding hydrogens is 346 g/mol. The number of nitrogens with zero attached hydrogens (tertiary/aromatic N) is 3. The molecule has 0 aromatic heterocycles. The van der Waals surface area contributed by atoms with Crippen molar-refractivity contribution in [2.75, 3.05) is 44.7 Å². The highest BCUT2D eigenvalue weighted by Gasteiger charge is 2.21. The second-order valence-corrected chi connectivity index (χ2v) is 7.36. The lowest BCUT2D eigenvalue weighted by Gasteiger charge is -2.36. The van der Waals surface area contributed by atoms with Crippen LogP contribution in [0.25, 0.3) is 0 Å². The van der Waals surface area contributed by atoms with E-state index >= 15 is 0 Å². The van der Waals surface area contributed by atoms with Crippen molar-refractivity contribution in [1.29, 1.82) is 0 Å². The molecule has 1 aliphatic heterocycles. The summed E-state index contributed by atoms with van der Waals surface area (Å²) >= 11 is 6.29. The van der Waals surface area contributed by atoms with Crippen molar-refractivity contribution in [2.24, 2.45) is 0 Å². The first-order chi connectivity index (χ1) is 12.5. The number of piperazine rings is 1. The molecule has 0 atom stereocenters. The number of amides is 1. The molecule has 138 valence electrons. The summed E-state index contributed by atoms with van der Waals surface area (Å²) in [5.41, 5.74) is 3.48. The molecule has 26 heavy (non-hydrogen) atoms. The molecule has 3 rings (SSSR count). The van der Waals surface area contributed by atoms with Crippen LogP contribution in [0.1, 0.15) is 11.1 Å². The van der Waals surface area contributed by atoms with E-state index < -0.39 is 0 Å². The van der Waals surface area contributed by atoms with Crippen LogP contribution < -0.4 is 4.90 Å². The lowest BCUT2D eigenvalue weighted by atomic mass is 10.1. The van der Waals surface area contributed by atoms with Gasteiger partial charge in [0.15, 0.2) is 0 Å². The minimum absolute atomic E-state index is 0.164. The molecule has 2 aromatic carbocycles. The third kappa shape index (κ3) is 4.77. The van der Waals surface area contributed by atoms with E-state index in [-0.39, 0.29) is 5.91 Å². The fourth-order valence-corrected chi connectivity index (χ4v) is 3.48. The monoisotopic (exact) mass is 371 g/mol. The highest BCUT2D eigenvalue weighted by atomic mass is 35.5. The van der Waals surface area contributed by atoms with E-state index in [1.54, 1.807) is 0 Å². The van der Waals surface area contributed by atoms with Crippen LogP contribution in [0, 0.1) is 6.92 Å². The number of halogens is 1. The lowest BCUT2D eigenvalue weighted by molar-refractivity contribution is -0.131. The predicted octanol–water partition coefficient (Wildman–Crippen LogP) is 3.43. The van der Waals surface area contributed by atoms with E-state index in [0.717, 1.165) is 42.5 Å². The van der Waals surface area contributed by atoms with Gasteiger partial charge in [0.05, 0.1) is 17.3 Å². The Balaban J connectivity index is 1.48. The Labute approximate surface area is 161 Å². The number of benzene rings is 2. The molecule has 1 aliphatic rings. The number of aryl methyl sites for hydroxylation is 1. The van der Waals surface area contributed by atoms with Gasteiger partial charge in [0, 0.05) is 39.8 Å². The standard InChI is InChI=1S/C21H26ClN3O/c1-17-7-9-18(10-8-17)15-23(2)21(26)16-24-11-13-25(14-12-24)20-6-4-3-5-19(20)22/h3-10H,11-16H2,1-2H3. The number of hydrogen-bond donors (Lipinski definition) is 0. The Morgan fingerprint density at radius 1 is 1.04 bits per heavy atom. The van der Waals surface area contributed by atoms with Gasteiger partial charge in [-0.25, -0.2) is 0 Å². The van der Waals surface area contributed by atoms with Gasteiger partial charge in [-0.2, -0.15) is 0 Å². The summed E-state index contributed by atoms with van der Waals surface area (Å²) < 4.78 is 0. The number of hydrogen-bond acceptors (Lipinski definition) is 3. The Kier molecular flexibility index (Phi) is 6.17. The Morgan fingerprint density at radius 3 is 2.35 bits per heavy atom. The first-order valence-corrected chi connectivity index (χ1v) is 9.42. The normalized spacial score (nSPS) is 15.1. The third-order valence-corrected chi connectivity index (χ3v) is 5.21. The van der Waals surface area contributed by atoms with E-state index in [1.807, 2.05) is 30.1 Å². The quantitative estimate of drug-likeness (QED) is 0.805. The fraction of sp³-hybridized carbons (Fsp3) is 0.381. The first kappa shape index (κ1) is 18.7. The lowest BCUT2D eigenvalue weighted by Crippen LogP contribution is -2.49. The van der Waals surface area contributed by atoms with Crippen LogP contribution in [-0.2, 0) is 11.3 Å². The third-order valence-electron chi connectivity index (χ3n) is 4.89. The van der Waals surface area contributed by atoms with Crippen LogP contribution in [0.5, 0.6) is 0 Å². The van der Waals surface area contributed by atoms with Crippen molar-refractivity contribution < 1.29 is 4.79 Å². The van der Waals surface area contributed by atoms with Gasteiger partial charge in [0.25, 0.3) is 0 Å². The maximum Gasteiger partial charge on any atom is 0.236 e. The molecule has 0 bridgehead atoms. The van der Waals surface area contributed by atoms with Gasteiger partial charge in [0.1, 0.15) is 0 Å². The average Bonchev–Trinajstić information content (AvgIpc) is 2.65. The van der Waals surface area contributed by atoms with Gasteiger partial charge in [-0.3, -0.25) is 9.69 Å². The highest BCUT2D eigenvalue weighted by Crippen LogP contribution is 2.25. The van der Waals surface area contributed by atoms with E-state index in [9.17, 15) is 4.79 Å². The van der Waals surface area contributed by atoms with Crippen LogP contribution in [0.15, 0.2) is 48.5 Å². The van der Waals surface area contributed by atoms with Gasteiger partial charge < -0.3 is 9.80 Å². The molecule has 5 heteroatoms. The Bertz CT molecular complexity index is 739. The summed E-state index contributed by atoms with van der Waals surface area (Å²) in [4.78, 5) is 18.9. The van der Waals surface area contributed by atoms with E-state index in [2.05, 4.69) is 47.1 Å². The smallest absolute Gasteiger partial charge is 0.236 e. The second-order valence-electron chi connectivity index (χ2n) is 6.95. The molecule has 0 aliphatic carbocycles. The number of carbonyl (C=O) groups excluding carboxylic acids is 1. The molecule has 1 saturated heterocycles. The van der Waals surface area contributed by atoms with Crippen LogP contribution in [0.2, 0.25) is 5.02 Å². The molecule has 4 nitrogen and oxygen atoms in total. The molecular formula is C21H26ClN3O. The molecule has 1 fully saturated rings. The second kappa shape index (κ2) is 8.56. The number of anilines is 1. The van der Waals surface area contributed by atoms with Gasteiger partial charge in [-0.15, -0.1) is 0 Å². The zero-order valence-electron chi connectivity index (χ0n) is 15.5. The SMILES string of the molecule is Cc1ccc(CN(C)C(=O)CN2CCN(c3ccccc3Cl)CC2)cc1. The molecule has 2 aromatic rings. The summed E-state index contributed by atoms with van der Waals surface area (Å²) in [5, 5.41) is 0.787. The first-order valence-electron chi connectivity index (χ1n) is 9.04. The maximum atomic E-state index is 12.5. The predicted molar refractivity (Wildman–Crippen MR) is 108 cm³/mol. The van der Waals surface area contributed by atoms with Gasteiger partial charge in [-0.1, -0.05) is 53.6 Å². The zero-order valence-corrected chi connectivity index (χ0v) is 16.2. The van der Waals surface area contributed by atoms with E-state index in [4.69, 9.17) is 11.6 Å². The largest absolute Gasteiger partial charge is 0.368 e. The summed E-state index contributed by atoms with van der Waals surface area (Å²) in [7, 11) is 1.88. The Hall–Kier alpha value is -2.04. The van der Waals surface area contributed by atoms with Crippen molar-refractivity contribution >= 4 is 23.2 Å². The minimum Gasteiger partial charge on any atom is -0.368 e. The number of para-hydroxylation sites is 1. The molecule has 0 spiro atoms. The summed E-state index contributed by atoms with van der Waals surface area (Å²) in [6.07, 6.45) is 0. The van der Waals surface area contributed by atoms with Gasteiger partial charge in [0.2, 0.25) is 5.91 Å². The molecule has 1 heterocycles. The number of carbonyl (C=O) groups is 1. The van der Waals surface area contributed by atoms with E-state index in [0.29, 0.717) is 13.1 Å². The van der Waals surface area contributed by atoms with E-state index in [1.165, 1.54) is 5.56 Å². The van der Waals surface area contributed by atoms with Crippen molar-refractivity contribution in [3.05, 3.63) is 64.7 Å². The van der Waals surface area contributed by atoms with Crippen molar-refractivity contribution in [1.82, 2.24) is 9.80 Å². The number of likely N-dealkylation sites (N-methyl/N-ethyl adjacent to an activating group) is 1. The van der Waals surface area contributed by atoms with Crippen molar-refractivity contribution in [3.8, 4) is 0 Å². The molecule has 0 saturated carbocycles. The fourth-order valence-electron chi connectivity index (χ4n) is 3.22. The molecule has 1 amide bonds. The van der Waals surface area contributed by atoms with Crippen molar-refractivity contribution in [3.63, 3.8) is 0 Å². The average molecular weight is 372 g/mol. The molecule has 0 radical (unpaired) electrons. The zero-order chi connectivity index (χ0) is 18.5. The van der Waals surface area contributed by atoms with Crippen molar-refractivity contribution in [2.45, 2.75) is 13.5 Å². The van der Waals surface area contributed by atoms with Gasteiger partial charge >= 0.3 is 0 Å². The molecule has 0 N–H and O–H groups in total. The maximum absolute atomic E-state index is 12.5. The highest BCUT2D eigenvalue weighted by molar-refractivity contribution is 6.33. The van der Waals surface area contributed by atoms with Crippen LogP contribution in [0.4, 0.5) is 5.69 Å². The van der Waals surface area contributed by atoms with Crippen LogP contribution >= 0.6 is 11.6 Å². The topological polar surface area (TPSA) is 26.8 Å². The summed E-state index contributed by atoms with van der Waals surface area (Å²) in [6.45, 7) is 6.71. The summed E-state index contributed by atoms with van der Waals surface area (Å²) in [5.74, 6) is 0.164. The summed E-state index contributed by atoms with van der Waals surface area (Å²) in [6, 6.07) is 16.3. The van der Waals surface area contributed by atoms with Crippen LogP contribution in [-0.4, -0.2) is 55.5 Å².